The first-order valence-corrected chi connectivity index (χ1v) is 8.38. The fourth-order valence-corrected chi connectivity index (χ4v) is 3.22. The minimum atomic E-state index is -1.12. The third kappa shape index (κ3) is 2.96. The van der Waals surface area contributed by atoms with Crippen molar-refractivity contribution in [2.45, 2.75) is 30.7 Å². The normalized spacial score (nSPS) is 22.7. The molecule has 0 spiro atoms. The fraction of sp³-hybridized carbons (Fsp3) is 0.333. The summed E-state index contributed by atoms with van der Waals surface area (Å²) in [5.41, 5.74) is -0.285. The molecule has 2 aromatic carbocycles. The summed E-state index contributed by atoms with van der Waals surface area (Å²) >= 11 is 11.9. The molecule has 2 aromatic rings. The molecule has 1 aliphatic rings. The maximum absolute atomic E-state index is 12.3. The molecule has 0 bridgehead atoms. The van der Waals surface area contributed by atoms with Crippen LogP contribution in [0.1, 0.15) is 20.3 Å². The third-order valence-electron chi connectivity index (χ3n) is 4.41. The van der Waals surface area contributed by atoms with Gasteiger partial charge in [-0.3, -0.25) is 9.59 Å². The Bertz CT molecular complexity index is 816. The van der Waals surface area contributed by atoms with Gasteiger partial charge in [0.25, 0.3) is 5.91 Å². The van der Waals surface area contributed by atoms with Crippen molar-refractivity contribution in [3.05, 3.63) is 42.5 Å². The van der Waals surface area contributed by atoms with E-state index >= 15 is 0 Å². The van der Waals surface area contributed by atoms with Gasteiger partial charge in [-0.1, -0.05) is 36.4 Å². The van der Waals surface area contributed by atoms with Crippen molar-refractivity contribution < 1.29 is 14.3 Å². The Morgan fingerprint density at radius 3 is 2.46 bits per heavy atom. The molecule has 1 aliphatic carbocycles. The van der Waals surface area contributed by atoms with Crippen molar-refractivity contribution in [3.63, 3.8) is 0 Å². The van der Waals surface area contributed by atoms with E-state index in [1.807, 2.05) is 36.4 Å². The largest absolute Gasteiger partial charge is 0.452 e. The van der Waals surface area contributed by atoms with Gasteiger partial charge in [-0.05, 0) is 25.3 Å². The van der Waals surface area contributed by atoms with E-state index in [2.05, 4.69) is 5.32 Å². The van der Waals surface area contributed by atoms with Crippen molar-refractivity contribution in [3.8, 4) is 0 Å². The second-order valence-electron chi connectivity index (χ2n) is 6.28. The van der Waals surface area contributed by atoms with Gasteiger partial charge in [0.15, 0.2) is 6.10 Å². The summed E-state index contributed by atoms with van der Waals surface area (Å²) in [6, 6.07) is 13.3. The summed E-state index contributed by atoms with van der Waals surface area (Å²) in [5.74, 6) is -0.966. The maximum Gasteiger partial charge on any atom is 0.315 e. The molecule has 4 nitrogen and oxygen atoms in total. The number of hydrogen-bond donors (Lipinski definition) is 1. The van der Waals surface area contributed by atoms with Gasteiger partial charge in [0.05, 0.1) is 0 Å². The van der Waals surface area contributed by atoms with Crippen molar-refractivity contribution in [2.75, 3.05) is 5.32 Å². The third-order valence-corrected chi connectivity index (χ3v) is 5.51. The van der Waals surface area contributed by atoms with Gasteiger partial charge in [-0.15, -0.1) is 23.2 Å². The Kier molecular flexibility index (Phi) is 4.22. The van der Waals surface area contributed by atoms with E-state index in [0.29, 0.717) is 12.1 Å². The molecule has 0 radical (unpaired) electrons. The van der Waals surface area contributed by atoms with Gasteiger partial charge in [0.1, 0.15) is 9.75 Å². The number of carbonyl (C=O) groups excluding carboxylic acids is 2. The lowest BCUT2D eigenvalue weighted by atomic mass is 10.1. The second kappa shape index (κ2) is 5.94. The number of rotatable bonds is 4. The molecule has 6 heteroatoms. The average molecular weight is 366 g/mol. The Labute approximate surface area is 150 Å². The highest BCUT2D eigenvalue weighted by Gasteiger charge is 2.69. The van der Waals surface area contributed by atoms with E-state index in [-0.39, 0.29) is 0 Å². The fourth-order valence-electron chi connectivity index (χ4n) is 2.53. The molecule has 1 fully saturated rings. The molecule has 2 atom stereocenters. The van der Waals surface area contributed by atoms with Crippen LogP contribution in [0.25, 0.3) is 10.8 Å². The lowest BCUT2D eigenvalue weighted by Gasteiger charge is -2.17. The zero-order valence-electron chi connectivity index (χ0n) is 13.3. The minimum absolute atomic E-state index is 0.319. The molecular weight excluding hydrogens is 349 g/mol. The summed E-state index contributed by atoms with van der Waals surface area (Å²) in [4.78, 5) is 24.5. The lowest BCUT2D eigenvalue weighted by Crippen LogP contribution is -2.33. The van der Waals surface area contributed by atoms with Crippen molar-refractivity contribution in [1.29, 1.82) is 0 Å². The smallest absolute Gasteiger partial charge is 0.315 e. The first kappa shape index (κ1) is 17.1. The number of halogens is 2. The molecule has 0 heterocycles. The van der Waals surface area contributed by atoms with Crippen LogP contribution in [-0.2, 0) is 14.3 Å². The predicted molar refractivity (Wildman–Crippen MR) is 95.3 cm³/mol. The van der Waals surface area contributed by atoms with E-state index in [9.17, 15) is 9.59 Å². The van der Waals surface area contributed by atoms with Crippen LogP contribution < -0.4 is 5.32 Å². The Morgan fingerprint density at radius 1 is 1.17 bits per heavy atom. The Hall–Kier alpha value is -1.78. The molecule has 3 rings (SSSR count). The van der Waals surface area contributed by atoms with E-state index in [4.69, 9.17) is 27.9 Å². The van der Waals surface area contributed by atoms with Crippen LogP contribution in [0.5, 0.6) is 0 Å². The van der Waals surface area contributed by atoms with Gasteiger partial charge in [0, 0.05) is 17.5 Å². The first-order chi connectivity index (χ1) is 11.2. The number of hydrogen-bond acceptors (Lipinski definition) is 3. The van der Waals surface area contributed by atoms with E-state index in [1.54, 1.807) is 13.0 Å². The zero-order valence-corrected chi connectivity index (χ0v) is 14.8. The molecule has 0 aliphatic heterocycles. The molecule has 1 N–H and O–H groups in total. The van der Waals surface area contributed by atoms with Gasteiger partial charge in [-0.25, -0.2) is 0 Å². The standard InChI is InChI=1S/C18H17Cl2NO3/c1-11(24-16(23)17(2)10-18(17,19)20)15(22)21-14-9-5-7-12-6-3-4-8-13(12)14/h3-9,11H,10H2,1-2H3,(H,21,22). The lowest BCUT2D eigenvalue weighted by molar-refractivity contribution is -0.158. The van der Waals surface area contributed by atoms with Crippen LogP contribution >= 0.6 is 23.2 Å². The number of alkyl halides is 2. The topological polar surface area (TPSA) is 55.4 Å². The SMILES string of the molecule is CC(OC(=O)C1(C)CC1(Cl)Cl)C(=O)Nc1cccc2ccccc12. The van der Waals surface area contributed by atoms with E-state index in [1.165, 1.54) is 6.92 Å². The summed E-state index contributed by atoms with van der Waals surface area (Å²) in [7, 11) is 0. The highest BCUT2D eigenvalue weighted by molar-refractivity contribution is 6.53. The molecule has 24 heavy (non-hydrogen) atoms. The number of carbonyl (C=O) groups is 2. The van der Waals surface area contributed by atoms with Crippen molar-refractivity contribution in [2.24, 2.45) is 5.41 Å². The van der Waals surface area contributed by atoms with Crippen molar-refractivity contribution >= 4 is 51.5 Å². The van der Waals surface area contributed by atoms with Crippen LogP contribution in [0.4, 0.5) is 5.69 Å². The molecule has 1 amide bonds. The number of amides is 1. The second-order valence-corrected chi connectivity index (χ2v) is 7.76. The predicted octanol–water partition coefficient (Wildman–Crippen LogP) is 4.29. The monoisotopic (exact) mass is 365 g/mol. The zero-order chi connectivity index (χ0) is 17.5. The average Bonchev–Trinajstić information content (AvgIpc) is 3.07. The number of nitrogens with one attached hydrogen (secondary N) is 1. The highest BCUT2D eigenvalue weighted by Crippen LogP contribution is 2.64. The molecule has 0 saturated heterocycles. The molecule has 0 aromatic heterocycles. The summed E-state index contributed by atoms with van der Waals surface area (Å²) in [6.07, 6.45) is -0.627. The molecule has 2 unspecified atom stereocenters. The number of fused-ring (bicyclic) bond motifs is 1. The van der Waals surface area contributed by atoms with Crippen LogP contribution in [-0.4, -0.2) is 22.3 Å². The van der Waals surface area contributed by atoms with E-state index < -0.39 is 27.7 Å². The van der Waals surface area contributed by atoms with Gasteiger partial charge < -0.3 is 10.1 Å². The van der Waals surface area contributed by atoms with Crippen LogP contribution in [0, 0.1) is 5.41 Å². The molecule has 1 saturated carbocycles. The maximum atomic E-state index is 12.3. The summed E-state index contributed by atoms with van der Waals surface area (Å²) in [6.45, 7) is 3.15. The quantitative estimate of drug-likeness (QED) is 0.649. The van der Waals surface area contributed by atoms with Crippen LogP contribution in [0.3, 0.4) is 0 Å². The summed E-state index contributed by atoms with van der Waals surface area (Å²) in [5, 5.41) is 4.73. The molecular formula is C18H17Cl2NO3. The number of benzene rings is 2. The van der Waals surface area contributed by atoms with Crippen LogP contribution in [0.15, 0.2) is 42.5 Å². The minimum Gasteiger partial charge on any atom is -0.452 e. The van der Waals surface area contributed by atoms with Crippen molar-refractivity contribution in [1.82, 2.24) is 0 Å². The Balaban J connectivity index is 1.69. The van der Waals surface area contributed by atoms with Crippen LogP contribution in [0.2, 0.25) is 0 Å². The molecule has 126 valence electrons. The van der Waals surface area contributed by atoms with Gasteiger partial charge in [0.2, 0.25) is 0 Å². The number of ether oxygens (including phenoxy) is 1. The van der Waals surface area contributed by atoms with E-state index in [0.717, 1.165) is 10.8 Å². The number of esters is 1. The Morgan fingerprint density at radius 2 is 1.79 bits per heavy atom. The number of anilines is 1. The van der Waals surface area contributed by atoms with Gasteiger partial charge >= 0.3 is 5.97 Å². The highest BCUT2D eigenvalue weighted by atomic mass is 35.5. The van der Waals surface area contributed by atoms with Gasteiger partial charge in [-0.2, -0.15) is 0 Å². The summed E-state index contributed by atoms with van der Waals surface area (Å²) < 4.78 is 4.12. The first-order valence-electron chi connectivity index (χ1n) is 7.62.